The maximum absolute atomic E-state index is 12.3. The van der Waals surface area contributed by atoms with Crippen molar-refractivity contribution >= 4 is 5.91 Å². The molecule has 5 nitrogen and oxygen atoms in total. The average Bonchev–Trinajstić information content (AvgIpc) is 2.63. The molecule has 0 radical (unpaired) electrons. The molecule has 0 fully saturated rings. The molecule has 3 rings (SSSR count). The first-order valence-electron chi connectivity index (χ1n) is 7.31. The number of amides is 1. The molecule has 1 N–H and O–H groups in total. The highest BCUT2D eigenvalue weighted by Crippen LogP contribution is 2.15. The van der Waals surface area contributed by atoms with E-state index in [0.717, 1.165) is 16.8 Å². The monoisotopic (exact) mass is 304 g/mol. The summed E-state index contributed by atoms with van der Waals surface area (Å²) in [6, 6.07) is 13.3. The van der Waals surface area contributed by atoms with E-state index in [4.69, 9.17) is 0 Å². The van der Waals surface area contributed by atoms with E-state index in [1.165, 1.54) is 6.33 Å². The van der Waals surface area contributed by atoms with Crippen LogP contribution in [0.4, 0.5) is 0 Å². The topological polar surface area (TPSA) is 67.8 Å². The van der Waals surface area contributed by atoms with Gasteiger partial charge in [0, 0.05) is 24.2 Å². The van der Waals surface area contributed by atoms with Gasteiger partial charge in [-0.3, -0.25) is 9.78 Å². The molecule has 2 heterocycles. The summed E-state index contributed by atoms with van der Waals surface area (Å²) in [5, 5.41) is 2.97. The van der Waals surface area contributed by atoms with Crippen LogP contribution >= 0.6 is 0 Å². The molecule has 1 aromatic carbocycles. The third-order valence-electron chi connectivity index (χ3n) is 3.53. The van der Waals surface area contributed by atoms with Crippen molar-refractivity contribution in [2.45, 2.75) is 13.0 Å². The molecule has 2 aromatic heterocycles. The van der Waals surface area contributed by atoms with Gasteiger partial charge in [0.05, 0.1) is 17.3 Å². The third-order valence-corrected chi connectivity index (χ3v) is 3.53. The van der Waals surface area contributed by atoms with Crippen LogP contribution in [0.2, 0.25) is 0 Å². The first-order chi connectivity index (χ1) is 11.2. The third kappa shape index (κ3) is 3.58. The van der Waals surface area contributed by atoms with Crippen molar-refractivity contribution in [1.82, 2.24) is 20.3 Å². The number of aromatic nitrogens is 3. The maximum atomic E-state index is 12.3. The summed E-state index contributed by atoms with van der Waals surface area (Å²) in [6.07, 6.45) is 6.41. The van der Waals surface area contributed by atoms with E-state index >= 15 is 0 Å². The number of pyridine rings is 1. The number of hydrogen-bond donors (Lipinski definition) is 1. The predicted molar refractivity (Wildman–Crippen MR) is 87.6 cm³/mol. The van der Waals surface area contributed by atoms with Gasteiger partial charge in [-0.1, -0.05) is 30.3 Å². The van der Waals surface area contributed by atoms with Crippen molar-refractivity contribution in [3.63, 3.8) is 0 Å². The molecule has 0 aliphatic rings. The van der Waals surface area contributed by atoms with Gasteiger partial charge >= 0.3 is 0 Å². The fraction of sp³-hybridized carbons (Fsp3) is 0.111. The summed E-state index contributed by atoms with van der Waals surface area (Å²) >= 11 is 0. The molecule has 3 aromatic rings. The Kier molecular flexibility index (Phi) is 4.38. The summed E-state index contributed by atoms with van der Waals surface area (Å²) in [7, 11) is 0. The lowest BCUT2D eigenvalue weighted by molar-refractivity contribution is 0.0939. The largest absolute Gasteiger partial charge is 0.345 e. The molecule has 0 saturated heterocycles. The molecule has 1 atom stereocenters. The molecule has 23 heavy (non-hydrogen) atoms. The average molecular weight is 304 g/mol. The number of carbonyl (C=O) groups is 1. The summed E-state index contributed by atoms with van der Waals surface area (Å²) in [6.45, 7) is 1.95. The lowest BCUT2D eigenvalue weighted by atomic mass is 10.1. The molecule has 1 unspecified atom stereocenters. The lowest BCUT2D eigenvalue weighted by Gasteiger charge is -2.14. The molecule has 0 aliphatic heterocycles. The fourth-order valence-corrected chi connectivity index (χ4v) is 2.24. The van der Waals surface area contributed by atoms with Crippen LogP contribution in [0.3, 0.4) is 0 Å². The Morgan fingerprint density at radius 1 is 1.00 bits per heavy atom. The Hall–Kier alpha value is -3.08. The highest BCUT2D eigenvalue weighted by molar-refractivity contribution is 5.94. The summed E-state index contributed by atoms with van der Waals surface area (Å²) in [5.74, 6) is -0.148. The minimum absolute atomic E-state index is 0.0640. The van der Waals surface area contributed by atoms with Crippen molar-refractivity contribution in [2.24, 2.45) is 0 Å². The molecular formula is C18H16N4O. The Bertz CT molecular complexity index is 773. The SMILES string of the molecule is CC(NC(=O)c1ccc(-c2cncnc2)nc1)c1ccccc1. The zero-order valence-corrected chi connectivity index (χ0v) is 12.7. The number of rotatable bonds is 4. The Balaban J connectivity index is 1.71. The van der Waals surface area contributed by atoms with Gasteiger partial charge in [-0.15, -0.1) is 0 Å². The van der Waals surface area contributed by atoms with Gasteiger partial charge < -0.3 is 5.32 Å². The Labute approximate surface area is 134 Å². The second-order valence-corrected chi connectivity index (χ2v) is 5.17. The van der Waals surface area contributed by atoms with Crippen LogP contribution in [0.1, 0.15) is 28.9 Å². The quantitative estimate of drug-likeness (QED) is 0.804. The molecule has 5 heteroatoms. The highest BCUT2D eigenvalue weighted by atomic mass is 16.1. The lowest BCUT2D eigenvalue weighted by Crippen LogP contribution is -2.26. The molecule has 0 saturated carbocycles. The predicted octanol–water partition coefficient (Wildman–Crippen LogP) is 3.03. The van der Waals surface area contributed by atoms with Gasteiger partial charge in [0.1, 0.15) is 6.33 Å². The molecular weight excluding hydrogens is 288 g/mol. The number of carbonyl (C=O) groups excluding carboxylic acids is 1. The van der Waals surface area contributed by atoms with Crippen LogP contribution in [0.5, 0.6) is 0 Å². The van der Waals surface area contributed by atoms with Crippen molar-refractivity contribution in [1.29, 1.82) is 0 Å². The van der Waals surface area contributed by atoms with Crippen LogP contribution in [0.25, 0.3) is 11.3 Å². The smallest absolute Gasteiger partial charge is 0.253 e. The van der Waals surface area contributed by atoms with Gasteiger partial charge in [-0.25, -0.2) is 9.97 Å². The van der Waals surface area contributed by atoms with E-state index in [-0.39, 0.29) is 11.9 Å². The van der Waals surface area contributed by atoms with Crippen molar-refractivity contribution in [3.05, 3.63) is 78.5 Å². The van der Waals surface area contributed by atoms with Crippen molar-refractivity contribution in [3.8, 4) is 11.3 Å². The van der Waals surface area contributed by atoms with Gasteiger partial charge in [-0.05, 0) is 24.6 Å². The van der Waals surface area contributed by atoms with Gasteiger partial charge in [0.25, 0.3) is 5.91 Å². The molecule has 0 spiro atoms. The minimum atomic E-state index is -0.148. The minimum Gasteiger partial charge on any atom is -0.345 e. The fourth-order valence-electron chi connectivity index (χ4n) is 2.24. The Morgan fingerprint density at radius 2 is 1.74 bits per heavy atom. The zero-order chi connectivity index (χ0) is 16.1. The number of benzene rings is 1. The highest BCUT2D eigenvalue weighted by Gasteiger charge is 2.11. The van der Waals surface area contributed by atoms with Gasteiger partial charge in [-0.2, -0.15) is 0 Å². The summed E-state index contributed by atoms with van der Waals surface area (Å²) in [5.41, 5.74) is 3.13. The number of nitrogens with one attached hydrogen (secondary N) is 1. The molecule has 114 valence electrons. The van der Waals surface area contributed by atoms with Gasteiger partial charge in [0.15, 0.2) is 0 Å². The van der Waals surface area contributed by atoms with Crippen LogP contribution in [-0.2, 0) is 0 Å². The van der Waals surface area contributed by atoms with Crippen LogP contribution in [-0.4, -0.2) is 20.9 Å². The van der Waals surface area contributed by atoms with Crippen molar-refractivity contribution in [2.75, 3.05) is 0 Å². The second-order valence-electron chi connectivity index (χ2n) is 5.17. The van der Waals surface area contributed by atoms with Crippen molar-refractivity contribution < 1.29 is 4.79 Å². The first kappa shape index (κ1) is 14.8. The molecule has 0 bridgehead atoms. The Morgan fingerprint density at radius 3 is 2.39 bits per heavy atom. The van der Waals surface area contributed by atoms with Gasteiger partial charge in [0.2, 0.25) is 0 Å². The summed E-state index contributed by atoms with van der Waals surface area (Å²) < 4.78 is 0. The molecule has 1 amide bonds. The number of hydrogen-bond acceptors (Lipinski definition) is 4. The summed E-state index contributed by atoms with van der Waals surface area (Å²) in [4.78, 5) is 24.5. The van der Waals surface area contributed by atoms with E-state index in [1.54, 1.807) is 30.7 Å². The van der Waals surface area contributed by atoms with E-state index in [0.29, 0.717) is 5.56 Å². The first-order valence-corrected chi connectivity index (χ1v) is 7.31. The standard InChI is InChI=1S/C18H16N4O/c1-13(14-5-3-2-4-6-14)22-18(23)15-7-8-17(21-11-15)16-9-19-12-20-10-16/h2-13H,1H3,(H,22,23). The normalized spacial score (nSPS) is 11.7. The van der Waals surface area contributed by atoms with E-state index in [1.807, 2.05) is 37.3 Å². The van der Waals surface area contributed by atoms with Crippen LogP contribution in [0.15, 0.2) is 67.4 Å². The zero-order valence-electron chi connectivity index (χ0n) is 12.7. The maximum Gasteiger partial charge on any atom is 0.253 e. The molecule has 0 aliphatic carbocycles. The van der Waals surface area contributed by atoms with E-state index in [9.17, 15) is 4.79 Å². The number of nitrogens with zero attached hydrogens (tertiary/aromatic N) is 3. The van der Waals surface area contributed by atoms with Crippen LogP contribution in [0, 0.1) is 0 Å². The second kappa shape index (κ2) is 6.79. The van der Waals surface area contributed by atoms with E-state index < -0.39 is 0 Å². The van der Waals surface area contributed by atoms with E-state index in [2.05, 4.69) is 20.3 Å². The van der Waals surface area contributed by atoms with Crippen LogP contribution < -0.4 is 5.32 Å².